The lowest BCUT2D eigenvalue weighted by Gasteiger charge is -2.19. The van der Waals surface area contributed by atoms with Crippen LogP contribution in [-0.2, 0) is 35.2 Å². The molecule has 0 aliphatic rings. The van der Waals surface area contributed by atoms with E-state index < -0.39 is 29.1 Å². The first kappa shape index (κ1) is 30.0. The molecule has 0 saturated carbocycles. The molecule has 3 aromatic carbocycles. The molecule has 1 unspecified atom stereocenters. The van der Waals surface area contributed by atoms with Crippen LogP contribution in [0.2, 0.25) is 5.02 Å². The van der Waals surface area contributed by atoms with Crippen molar-refractivity contribution in [1.29, 1.82) is 0 Å². The number of rotatable bonds is 12. The summed E-state index contributed by atoms with van der Waals surface area (Å²) in [5.41, 5.74) is 0.461. The lowest BCUT2D eigenvalue weighted by molar-refractivity contribution is 0.0520. The van der Waals surface area contributed by atoms with Gasteiger partial charge in [-0.3, -0.25) is 4.57 Å². The van der Waals surface area contributed by atoms with E-state index in [0.29, 0.717) is 6.61 Å². The SMILES string of the molecule is CCCCOCc1cccc(P(=O)(OC)c2c(C(=O)OCC)n(S(=O)(=O)c3ccccc3)c3ccc(Cl)cc23)c1. The van der Waals surface area contributed by atoms with Gasteiger partial charge >= 0.3 is 5.97 Å². The molecule has 0 amide bonds. The van der Waals surface area contributed by atoms with Crippen molar-refractivity contribution in [2.24, 2.45) is 0 Å². The van der Waals surface area contributed by atoms with Crippen LogP contribution in [0.15, 0.2) is 77.7 Å². The predicted molar refractivity (Wildman–Crippen MR) is 157 cm³/mol. The quantitative estimate of drug-likeness (QED) is 0.113. The minimum Gasteiger partial charge on any atom is -0.461 e. The van der Waals surface area contributed by atoms with Crippen LogP contribution in [0.4, 0.5) is 0 Å². The predicted octanol–water partition coefficient (Wildman–Crippen LogP) is 5.90. The molecule has 0 bridgehead atoms. The zero-order valence-corrected chi connectivity index (χ0v) is 25.0. The molecule has 1 heterocycles. The number of hydrogen-bond donors (Lipinski definition) is 0. The smallest absolute Gasteiger partial charge is 0.356 e. The van der Waals surface area contributed by atoms with Crippen molar-refractivity contribution in [2.45, 2.75) is 38.2 Å². The van der Waals surface area contributed by atoms with E-state index >= 15 is 0 Å². The number of hydrogen-bond acceptors (Lipinski definition) is 7. The number of unbranched alkanes of at least 4 members (excludes halogenated alkanes) is 1. The number of carbonyl (C=O) groups excluding carboxylic acids is 1. The van der Waals surface area contributed by atoms with E-state index in [1.54, 1.807) is 43.3 Å². The van der Waals surface area contributed by atoms with Gasteiger partial charge in [0.25, 0.3) is 17.4 Å². The summed E-state index contributed by atoms with van der Waals surface area (Å²) in [6.07, 6.45) is 1.91. The van der Waals surface area contributed by atoms with Gasteiger partial charge in [-0.05, 0) is 61.4 Å². The van der Waals surface area contributed by atoms with Crippen molar-refractivity contribution in [3.05, 3.63) is 89.1 Å². The Labute approximate surface area is 239 Å². The molecule has 0 radical (unpaired) electrons. The number of nitrogens with zero attached hydrogens (tertiary/aromatic N) is 1. The second-order valence-corrected chi connectivity index (χ2v) is 13.6. The maximum absolute atomic E-state index is 14.9. The largest absolute Gasteiger partial charge is 0.461 e. The van der Waals surface area contributed by atoms with Gasteiger partial charge in [-0.15, -0.1) is 0 Å². The third-order valence-electron chi connectivity index (χ3n) is 6.32. The Hall–Kier alpha value is -2.94. The van der Waals surface area contributed by atoms with Crippen molar-refractivity contribution >= 4 is 56.5 Å². The molecule has 1 aromatic heterocycles. The molecule has 0 spiro atoms. The Morgan fingerprint density at radius 1 is 1.00 bits per heavy atom. The van der Waals surface area contributed by atoms with Gasteiger partial charge in [0, 0.05) is 29.4 Å². The highest BCUT2D eigenvalue weighted by Crippen LogP contribution is 2.48. The molecule has 8 nitrogen and oxygen atoms in total. The highest BCUT2D eigenvalue weighted by atomic mass is 35.5. The minimum atomic E-state index is -4.35. The first-order valence-electron chi connectivity index (χ1n) is 12.8. The van der Waals surface area contributed by atoms with Crippen molar-refractivity contribution < 1.29 is 31.8 Å². The number of ether oxygens (including phenoxy) is 2. The summed E-state index contributed by atoms with van der Waals surface area (Å²) in [4.78, 5) is 13.5. The molecule has 0 saturated heterocycles. The van der Waals surface area contributed by atoms with Crippen LogP contribution >= 0.6 is 19.0 Å². The van der Waals surface area contributed by atoms with Gasteiger partial charge < -0.3 is 14.0 Å². The number of fused-ring (bicyclic) bond motifs is 1. The van der Waals surface area contributed by atoms with Gasteiger partial charge in [-0.1, -0.05) is 55.3 Å². The van der Waals surface area contributed by atoms with E-state index in [2.05, 4.69) is 6.92 Å². The molecule has 4 rings (SSSR count). The van der Waals surface area contributed by atoms with Crippen molar-refractivity contribution in [1.82, 2.24) is 3.97 Å². The van der Waals surface area contributed by atoms with Crippen molar-refractivity contribution in [3.63, 3.8) is 0 Å². The van der Waals surface area contributed by atoms with Gasteiger partial charge in [0.2, 0.25) is 0 Å². The lowest BCUT2D eigenvalue weighted by atomic mass is 10.2. The molecule has 40 heavy (non-hydrogen) atoms. The second kappa shape index (κ2) is 12.7. The number of halogens is 1. The molecule has 212 valence electrons. The molecule has 4 aromatic rings. The molecule has 11 heteroatoms. The van der Waals surface area contributed by atoms with Crippen molar-refractivity contribution in [3.8, 4) is 0 Å². The average Bonchev–Trinajstić information content (AvgIpc) is 3.31. The van der Waals surface area contributed by atoms with Crippen LogP contribution in [0, 0.1) is 0 Å². The highest BCUT2D eigenvalue weighted by Gasteiger charge is 2.41. The van der Waals surface area contributed by atoms with E-state index in [9.17, 15) is 17.8 Å². The molecule has 0 aliphatic heterocycles. The van der Waals surface area contributed by atoms with Crippen LogP contribution < -0.4 is 10.6 Å². The third-order valence-corrected chi connectivity index (χ3v) is 10.8. The Kier molecular flexibility index (Phi) is 9.54. The fourth-order valence-corrected chi connectivity index (χ4v) is 8.45. The number of carbonyl (C=O) groups is 1. The number of aromatic nitrogens is 1. The summed E-state index contributed by atoms with van der Waals surface area (Å²) < 4.78 is 60.6. The molecule has 1 atom stereocenters. The lowest BCUT2D eigenvalue weighted by Crippen LogP contribution is -2.28. The maximum atomic E-state index is 14.9. The van der Waals surface area contributed by atoms with E-state index in [-0.39, 0.29) is 44.6 Å². The number of benzene rings is 3. The third kappa shape index (κ3) is 5.76. The topological polar surface area (TPSA) is 101 Å². The summed E-state index contributed by atoms with van der Waals surface area (Å²) in [5.74, 6) is -0.958. The molecular weight excluding hydrogens is 573 g/mol. The Morgan fingerprint density at radius 2 is 1.75 bits per heavy atom. The average molecular weight is 604 g/mol. The van der Waals surface area contributed by atoms with Crippen LogP contribution in [0.5, 0.6) is 0 Å². The Bertz CT molecular complexity index is 1670. The summed E-state index contributed by atoms with van der Waals surface area (Å²) >= 11 is 6.35. The summed E-state index contributed by atoms with van der Waals surface area (Å²) in [6, 6.07) is 19.0. The van der Waals surface area contributed by atoms with E-state index in [1.165, 1.54) is 37.4 Å². The zero-order chi connectivity index (χ0) is 28.9. The van der Waals surface area contributed by atoms with Gasteiger partial charge in [0.15, 0.2) is 5.69 Å². The Morgan fingerprint density at radius 3 is 2.42 bits per heavy atom. The maximum Gasteiger partial charge on any atom is 0.356 e. The first-order valence-corrected chi connectivity index (χ1v) is 16.3. The van der Waals surface area contributed by atoms with E-state index in [4.69, 9.17) is 25.6 Å². The van der Waals surface area contributed by atoms with Gasteiger partial charge in [-0.25, -0.2) is 17.2 Å². The van der Waals surface area contributed by atoms with Crippen LogP contribution in [0.3, 0.4) is 0 Å². The van der Waals surface area contributed by atoms with E-state index in [0.717, 1.165) is 22.4 Å². The zero-order valence-electron chi connectivity index (χ0n) is 22.5. The van der Waals surface area contributed by atoms with Gasteiger partial charge in [0.05, 0.1) is 28.9 Å². The fraction of sp³-hybridized carbons (Fsp3) is 0.276. The molecular formula is C29H31ClNO7PS. The molecule has 0 N–H and O–H groups in total. The van der Waals surface area contributed by atoms with Gasteiger partial charge in [-0.2, -0.15) is 0 Å². The number of esters is 1. The van der Waals surface area contributed by atoms with Gasteiger partial charge in [0.1, 0.15) is 0 Å². The monoisotopic (exact) mass is 603 g/mol. The second-order valence-electron chi connectivity index (χ2n) is 8.97. The summed E-state index contributed by atoms with van der Waals surface area (Å²) in [6.45, 7) is 4.51. The normalized spacial score (nSPS) is 13.3. The van der Waals surface area contributed by atoms with Crippen LogP contribution in [0.25, 0.3) is 10.9 Å². The van der Waals surface area contributed by atoms with Crippen LogP contribution in [0.1, 0.15) is 42.7 Å². The molecule has 0 fully saturated rings. The standard InChI is InChI=1S/C29H31ClNO7PS/c1-4-6-17-37-20-21-11-10-12-23(18-21)39(33,36-3)28-25-19-22(30)15-16-26(25)31(27(28)29(32)38-5-2)40(34,35)24-13-8-7-9-14-24/h7-16,18-19H,4-6,17,20H2,1-3H3. The highest BCUT2D eigenvalue weighted by molar-refractivity contribution is 7.90. The summed E-state index contributed by atoms with van der Waals surface area (Å²) in [7, 11) is -7.19. The Balaban J connectivity index is 2.04. The van der Waals surface area contributed by atoms with E-state index in [1.807, 2.05) is 6.07 Å². The molecule has 0 aliphatic carbocycles. The fourth-order valence-electron chi connectivity index (χ4n) is 4.44. The summed E-state index contributed by atoms with van der Waals surface area (Å²) in [5, 5.41) is 0.631. The first-order chi connectivity index (χ1) is 19.2. The minimum absolute atomic E-state index is 0.0339. The van der Waals surface area contributed by atoms with Crippen molar-refractivity contribution in [2.75, 3.05) is 20.3 Å². The van der Waals surface area contributed by atoms with Crippen LogP contribution in [-0.4, -0.2) is 38.7 Å².